The van der Waals surface area contributed by atoms with E-state index in [0.717, 1.165) is 11.1 Å². The van der Waals surface area contributed by atoms with Crippen LogP contribution in [0.2, 0.25) is 0 Å². The van der Waals surface area contributed by atoms with Crippen molar-refractivity contribution in [3.05, 3.63) is 54.1 Å². The molecule has 0 aliphatic carbocycles. The minimum atomic E-state index is -1.00. The molecule has 0 radical (unpaired) electrons. The summed E-state index contributed by atoms with van der Waals surface area (Å²) < 4.78 is 4.85. The average molecular weight is 291 g/mol. The van der Waals surface area contributed by atoms with E-state index in [1.54, 1.807) is 19.1 Å². The summed E-state index contributed by atoms with van der Waals surface area (Å²) in [4.78, 5) is 11.6. The first kappa shape index (κ1) is 14.4. The number of aromatic hydroxyl groups is 1. The fourth-order valence-electron chi connectivity index (χ4n) is 1.91. The number of esters is 1. The molecule has 2 aromatic carbocycles. The van der Waals surface area contributed by atoms with Gasteiger partial charge in [-0.25, -0.2) is 0 Å². The molecule has 2 aromatic rings. The second-order valence-electron chi connectivity index (χ2n) is 4.25. The van der Waals surface area contributed by atoms with E-state index in [1.165, 1.54) is 0 Å². The van der Waals surface area contributed by atoms with Crippen molar-refractivity contribution in [3.63, 3.8) is 0 Å². The molecule has 0 aliphatic rings. The SMILES string of the molecule is CCOC(=O)C(Cl)c1ccc(-c2ccccc2)cc1O. The van der Waals surface area contributed by atoms with Crippen LogP contribution >= 0.6 is 11.6 Å². The zero-order chi connectivity index (χ0) is 14.5. The van der Waals surface area contributed by atoms with Crippen LogP contribution in [0.15, 0.2) is 48.5 Å². The Bertz CT molecular complexity index is 596. The quantitative estimate of drug-likeness (QED) is 0.686. The molecule has 0 amide bonds. The monoisotopic (exact) mass is 290 g/mol. The Balaban J connectivity index is 2.29. The van der Waals surface area contributed by atoms with Crippen molar-refractivity contribution in [2.75, 3.05) is 6.61 Å². The number of rotatable bonds is 4. The normalized spacial score (nSPS) is 11.9. The van der Waals surface area contributed by atoms with Gasteiger partial charge in [0.2, 0.25) is 0 Å². The minimum absolute atomic E-state index is 0.0144. The van der Waals surface area contributed by atoms with Crippen molar-refractivity contribution in [2.45, 2.75) is 12.3 Å². The number of carbonyl (C=O) groups excluding carboxylic acids is 1. The molecule has 0 spiro atoms. The van der Waals surface area contributed by atoms with Crippen LogP contribution in [0.1, 0.15) is 17.9 Å². The number of ether oxygens (including phenoxy) is 1. The summed E-state index contributed by atoms with van der Waals surface area (Å²) in [6.45, 7) is 1.96. The van der Waals surface area contributed by atoms with Gasteiger partial charge in [0.15, 0.2) is 5.38 Å². The molecular formula is C16H15ClO3. The summed E-state index contributed by atoms with van der Waals surface area (Å²) >= 11 is 6.00. The van der Waals surface area contributed by atoms with Gasteiger partial charge >= 0.3 is 5.97 Å². The topological polar surface area (TPSA) is 46.5 Å². The minimum Gasteiger partial charge on any atom is -0.508 e. The van der Waals surface area contributed by atoms with Crippen LogP contribution < -0.4 is 0 Å². The highest BCUT2D eigenvalue weighted by Gasteiger charge is 2.22. The predicted molar refractivity (Wildman–Crippen MR) is 78.8 cm³/mol. The highest BCUT2D eigenvalue weighted by atomic mass is 35.5. The molecule has 0 saturated carbocycles. The van der Waals surface area contributed by atoms with Gasteiger partial charge in [0.05, 0.1) is 6.61 Å². The van der Waals surface area contributed by atoms with Gasteiger partial charge < -0.3 is 9.84 Å². The van der Waals surface area contributed by atoms with E-state index in [1.807, 2.05) is 36.4 Å². The predicted octanol–water partition coefficient (Wildman–Crippen LogP) is 3.90. The van der Waals surface area contributed by atoms with Crippen LogP contribution in [-0.2, 0) is 9.53 Å². The number of halogens is 1. The molecule has 104 valence electrons. The average Bonchev–Trinajstić information content (AvgIpc) is 2.47. The fraction of sp³-hybridized carbons (Fsp3) is 0.188. The highest BCUT2D eigenvalue weighted by molar-refractivity contribution is 6.30. The summed E-state index contributed by atoms with van der Waals surface area (Å²) in [5.74, 6) is -0.573. The van der Waals surface area contributed by atoms with Crippen LogP contribution in [0.4, 0.5) is 0 Å². The number of phenols is 1. The number of hydrogen-bond acceptors (Lipinski definition) is 3. The molecule has 1 N–H and O–H groups in total. The second-order valence-corrected chi connectivity index (χ2v) is 4.69. The summed E-state index contributed by atoms with van der Waals surface area (Å²) in [6, 6.07) is 14.7. The van der Waals surface area contributed by atoms with Crippen LogP contribution in [-0.4, -0.2) is 17.7 Å². The van der Waals surface area contributed by atoms with Gasteiger partial charge in [-0.2, -0.15) is 0 Å². The van der Waals surface area contributed by atoms with Gasteiger partial charge in [-0.1, -0.05) is 42.5 Å². The maximum atomic E-state index is 11.6. The standard InChI is InChI=1S/C16H15ClO3/c1-2-20-16(19)15(17)13-9-8-12(10-14(13)18)11-6-4-3-5-7-11/h3-10,15,18H,2H2,1H3. The van der Waals surface area contributed by atoms with Gasteiger partial charge in [0, 0.05) is 5.56 Å². The van der Waals surface area contributed by atoms with E-state index in [2.05, 4.69) is 0 Å². The molecule has 0 aromatic heterocycles. The van der Waals surface area contributed by atoms with Crippen molar-refractivity contribution in [2.24, 2.45) is 0 Å². The van der Waals surface area contributed by atoms with E-state index in [-0.39, 0.29) is 12.4 Å². The smallest absolute Gasteiger partial charge is 0.328 e. The van der Waals surface area contributed by atoms with Gasteiger partial charge in [0.25, 0.3) is 0 Å². The first-order valence-corrected chi connectivity index (χ1v) is 6.76. The van der Waals surface area contributed by atoms with Crippen molar-refractivity contribution < 1.29 is 14.6 Å². The zero-order valence-corrected chi connectivity index (χ0v) is 11.8. The molecule has 0 heterocycles. The van der Waals surface area contributed by atoms with Crippen molar-refractivity contribution in [3.8, 4) is 16.9 Å². The zero-order valence-electron chi connectivity index (χ0n) is 11.0. The molecule has 4 heteroatoms. The number of benzene rings is 2. The van der Waals surface area contributed by atoms with Gasteiger partial charge in [-0.15, -0.1) is 11.6 Å². The van der Waals surface area contributed by atoms with E-state index < -0.39 is 11.3 Å². The van der Waals surface area contributed by atoms with Crippen LogP contribution in [0.3, 0.4) is 0 Å². The van der Waals surface area contributed by atoms with E-state index in [4.69, 9.17) is 16.3 Å². The Morgan fingerprint density at radius 3 is 2.50 bits per heavy atom. The Morgan fingerprint density at radius 2 is 1.90 bits per heavy atom. The lowest BCUT2D eigenvalue weighted by molar-refractivity contribution is -0.142. The number of hydrogen-bond donors (Lipinski definition) is 1. The molecule has 1 atom stereocenters. The van der Waals surface area contributed by atoms with Crippen LogP contribution in [0, 0.1) is 0 Å². The Labute approximate surface area is 122 Å². The number of alkyl halides is 1. The van der Waals surface area contributed by atoms with Crippen molar-refractivity contribution >= 4 is 17.6 Å². The molecule has 1 unspecified atom stereocenters. The molecule has 0 bridgehead atoms. The Morgan fingerprint density at radius 1 is 1.20 bits per heavy atom. The maximum Gasteiger partial charge on any atom is 0.328 e. The first-order valence-electron chi connectivity index (χ1n) is 6.32. The van der Waals surface area contributed by atoms with Crippen LogP contribution in [0.25, 0.3) is 11.1 Å². The van der Waals surface area contributed by atoms with Gasteiger partial charge in [0.1, 0.15) is 5.75 Å². The van der Waals surface area contributed by atoms with Crippen molar-refractivity contribution in [1.82, 2.24) is 0 Å². The highest BCUT2D eigenvalue weighted by Crippen LogP contribution is 2.33. The number of carbonyl (C=O) groups is 1. The summed E-state index contributed by atoms with van der Waals surface area (Å²) in [6.07, 6.45) is 0. The maximum absolute atomic E-state index is 11.6. The van der Waals surface area contributed by atoms with E-state index in [9.17, 15) is 9.90 Å². The first-order chi connectivity index (χ1) is 9.63. The molecule has 3 nitrogen and oxygen atoms in total. The fourth-order valence-corrected chi connectivity index (χ4v) is 2.16. The largest absolute Gasteiger partial charge is 0.508 e. The Kier molecular flexibility index (Phi) is 4.64. The van der Waals surface area contributed by atoms with Gasteiger partial charge in [-0.05, 0) is 24.1 Å². The molecular weight excluding hydrogens is 276 g/mol. The van der Waals surface area contributed by atoms with E-state index >= 15 is 0 Å². The molecule has 0 aliphatic heterocycles. The third-order valence-electron chi connectivity index (χ3n) is 2.90. The second kappa shape index (κ2) is 6.44. The lowest BCUT2D eigenvalue weighted by atomic mass is 10.0. The third-order valence-corrected chi connectivity index (χ3v) is 3.32. The molecule has 20 heavy (non-hydrogen) atoms. The van der Waals surface area contributed by atoms with Crippen LogP contribution in [0.5, 0.6) is 5.75 Å². The lowest BCUT2D eigenvalue weighted by Crippen LogP contribution is -2.11. The number of phenolic OH excluding ortho intramolecular Hbond substituents is 1. The van der Waals surface area contributed by atoms with Gasteiger partial charge in [-0.3, -0.25) is 4.79 Å². The lowest BCUT2D eigenvalue weighted by Gasteiger charge is -2.12. The van der Waals surface area contributed by atoms with E-state index in [0.29, 0.717) is 5.56 Å². The van der Waals surface area contributed by atoms with Crippen molar-refractivity contribution in [1.29, 1.82) is 0 Å². The molecule has 0 saturated heterocycles. The summed E-state index contributed by atoms with van der Waals surface area (Å²) in [5, 5.41) is 9.05. The summed E-state index contributed by atoms with van der Waals surface area (Å²) in [5.41, 5.74) is 2.20. The molecule has 0 fully saturated rings. The Hall–Kier alpha value is -2.00. The molecule has 2 rings (SSSR count). The third kappa shape index (κ3) is 3.11. The summed E-state index contributed by atoms with van der Waals surface area (Å²) in [7, 11) is 0.